The molecule has 0 unspecified atom stereocenters. The zero-order valence-corrected chi connectivity index (χ0v) is 17.8. The van der Waals surface area contributed by atoms with Crippen LogP contribution in [0.25, 0.3) is 0 Å². The molecular weight excluding hydrogens is 412 g/mol. The van der Waals surface area contributed by atoms with Gasteiger partial charge >= 0.3 is 0 Å². The van der Waals surface area contributed by atoms with Gasteiger partial charge in [-0.05, 0) is 49.1 Å². The fourth-order valence-corrected chi connectivity index (χ4v) is 5.51. The van der Waals surface area contributed by atoms with E-state index in [9.17, 15) is 18.0 Å². The predicted molar refractivity (Wildman–Crippen MR) is 108 cm³/mol. The van der Waals surface area contributed by atoms with Gasteiger partial charge < -0.3 is 0 Å². The van der Waals surface area contributed by atoms with E-state index in [-0.39, 0.29) is 23.7 Å². The first kappa shape index (κ1) is 21.4. The summed E-state index contributed by atoms with van der Waals surface area (Å²) in [5.41, 5.74) is 5.41. The molecule has 29 heavy (non-hydrogen) atoms. The third-order valence-corrected chi connectivity index (χ3v) is 7.86. The van der Waals surface area contributed by atoms with Crippen molar-refractivity contribution in [3.05, 3.63) is 47.6 Å². The number of amides is 2. The van der Waals surface area contributed by atoms with Crippen molar-refractivity contribution in [3.8, 4) is 0 Å². The first-order chi connectivity index (χ1) is 13.8. The van der Waals surface area contributed by atoms with Gasteiger partial charge in [0.2, 0.25) is 15.9 Å². The van der Waals surface area contributed by atoms with E-state index in [1.807, 2.05) is 13.2 Å². The van der Waals surface area contributed by atoms with E-state index in [1.165, 1.54) is 11.3 Å². The molecule has 10 heteroatoms. The molecule has 3 N–H and O–H groups in total. The predicted octanol–water partition coefficient (Wildman–Crippen LogP) is 1.12. The topological polar surface area (TPSA) is 108 Å². The largest absolute Gasteiger partial charge is 0.275 e. The molecule has 2 aromatic heterocycles. The SMILES string of the molecule is C[n+]1cccc(C(=O)NNC(=O)C2CCC(CNS(=O)(=O)c3cccs3)CC2)c1. The summed E-state index contributed by atoms with van der Waals surface area (Å²) in [6.07, 6.45) is 6.32. The van der Waals surface area contributed by atoms with Crippen LogP contribution >= 0.6 is 11.3 Å². The van der Waals surface area contributed by atoms with Gasteiger partial charge in [0.15, 0.2) is 12.4 Å². The van der Waals surface area contributed by atoms with E-state index in [4.69, 9.17) is 0 Å². The number of hydrazine groups is 1. The van der Waals surface area contributed by atoms with Gasteiger partial charge in [-0.15, -0.1) is 11.3 Å². The van der Waals surface area contributed by atoms with Gasteiger partial charge in [0, 0.05) is 18.5 Å². The molecule has 0 bridgehead atoms. The van der Waals surface area contributed by atoms with Crippen molar-refractivity contribution in [3.63, 3.8) is 0 Å². The molecule has 8 nitrogen and oxygen atoms in total. The number of carbonyl (C=O) groups is 2. The third kappa shape index (κ3) is 5.84. The summed E-state index contributed by atoms with van der Waals surface area (Å²) in [7, 11) is -1.64. The van der Waals surface area contributed by atoms with Crippen LogP contribution in [-0.2, 0) is 21.9 Å². The first-order valence-corrected chi connectivity index (χ1v) is 11.8. The van der Waals surface area contributed by atoms with Gasteiger partial charge in [-0.3, -0.25) is 20.4 Å². The lowest BCUT2D eigenvalue weighted by Gasteiger charge is -2.27. The summed E-state index contributed by atoms with van der Waals surface area (Å²) in [6.45, 7) is 0.371. The van der Waals surface area contributed by atoms with Crippen molar-refractivity contribution in [1.29, 1.82) is 0 Å². The smallest absolute Gasteiger partial charge is 0.273 e. The van der Waals surface area contributed by atoms with E-state index < -0.39 is 10.0 Å². The third-order valence-electron chi connectivity index (χ3n) is 5.04. The normalized spacial score (nSPS) is 19.5. The zero-order valence-electron chi connectivity index (χ0n) is 16.1. The standard InChI is InChI=1S/C19H24N4O4S2/c1-23-10-2-4-16(13-23)19(25)22-21-18(24)15-8-6-14(7-9-15)12-20-29(26,27)17-5-3-11-28-17/h2-5,10-11,13-15,20H,6-9,12H2,1H3,(H-,21,22,24,25)/p+1. The van der Waals surface area contributed by atoms with Gasteiger partial charge in [0.25, 0.3) is 5.91 Å². The lowest BCUT2D eigenvalue weighted by atomic mass is 9.82. The van der Waals surface area contributed by atoms with E-state index in [0.29, 0.717) is 29.2 Å². The van der Waals surface area contributed by atoms with Gasteiger partial charge in [0.1, 0.15) is 16.8 Å². The molecule has 0 aliphatic heterocycles. The molecule has 3 rings (SSSR count). The van der Waals surface area contributed by atoms with E-state index >= 15 is 0 Å². The molecule has 0 atom stereocenters. The Bertz CT molecular complexity index is 952. The number of aromatic nitrogens is 1. The Kier molecular flexibility index (Phi) is 6.99. The number of hydrogen-bond donors (Lipinski definition) is 3. The lowest BCUT2D eigenvalue weighted by Crippen LogP contribution is -2.46. The molecule has 2 amide bonds. The van der Waals surface area contributed by atoms with Crippen LogP contribution < -0.4 is 20.1 Å². The summed E-state index contributed by atoms with van der Waals surface area (Å²) in [5, 5.41) is 1.73. The van der Waals surface area contributed by atoms with Crippen molar-refractivity contribution in [1.82, 2.24) is 15.6 Å². The quantitative estimate of drug-likeness (QED) is 0.465. The highest BCUT2D eigenvalue weighted by Gasteiger charge is 2.28. The molecule has 2 heterocycles. The van der Waals surface area contributed by atoms with Crippen LogP contribution in [0.2, 0.25) is 0 Å². The molecule has 1 aliphatic rings. The fraction of sp³-hybridized carbons (Fsp3) is 0.421. The highest BCUT2D eigenvalue weighted by Crippen LogP contribution is 2.29. The Hall–Kier alpha value is -2.30. The van der Waals surface area contributed by atoms with E-state index in [1.54, 1.807) is 40.4 Å². The summed E-state index contributed by atoms with van der Waals surface area (Å²) in [4.78, 5) is 24.4. The minimum absolute atomic E-state index is 0.188. The Morgan fingerprint density at radius 3 is 2.55 bits per heavy atom. The molecule has 0 aromatic carbocycles. The monoisotopic (exact) mass is 437 g/mol. The second-order valence-corrected chi connectivity index (χ2v) is 10.1. The van der Waals surface area contributed by atoms with Crippen LogP contribution in [0.1, 0.15) is 36.0 Å². The van der Waals surface area contributed by atoms with Crippen LogP contribution in [0.4, 0.5) is 0 Å². The molecule has 0 radical (unpaired) electrons. The number of sulfonamides is 1. The number of nitrogens with one attached hydrogen (secondary N) is 3. The highest BCUT2D eigenvalue weighted by atomic mass is 32.2. The molecule has 156 valence electrons. The van der Waals surface area contributed by atoms with Crippen molar-refractivity contribution < 1.29 is 22.6 Å². The molecule has 1 fully saturated rings. The van der Waals surface area contributed by atoms with Gasteiger partial charge in [0.05, 0.1) is 0 Å². The molecular formula is C19H25N4O4S2+. The maximum absolute atomic E-state index is 12.3. The number of pyridine rings is 1. The van der Waals surface area contributed by atoms with Crippen molar-refractivity contribution in [2.75, 3.05) is 6.54 Å². The number of nitrogens with zero attached hydrogens (tertiary/aromatic N) is 1. The maximum atomic E-state index is 12.3. The summed E-state index contributed by atoms with van der Waals surface area (Å²) >= 11 is 1.19. The first-order valence-electron chi connectivity index (χ1n) is 9.44. The van der Waals surface area contributed by atoms with Crippen LogP contribution in [0.15, 0.2) is 46.2 Å². The Balaban J connectivity index is 1.41. The minimum Gasteiger partial charge on any atom is -0.273 e. The number of aryl methyl sites for hydroxylation is 1. The van der Waals surface area contributed by atoms with E-state index in [0.717, 1.165) is 12.8 Å². The molecule has 1 saturated carbocycles. The van der Waals surface area contributed by atoms with Gasteiger partial charge in [-0.1, -0.05) is 6.07 Å². The van der Waals surface area contributed by atoms with Crippen LogP contribution in [0.5, 0.6) is 0 Å². The second kappa shape index (κ2) is 9.47. The van der Waals surface area contributed by atoms with Crippen molar-refractivity contribution >= 4 is 33.2 Å². The van der Waals surface area contributed by atoms with Crippen molar-refractivity contribution in [2.45, 2.75) is 29.9 Å². The summed E-state index contributed by atoms with van der Waals surface area (Å²) < 4.78 is 29.1. The summed E-state index contributed by atoms with van der Waals surface area (Å²) in [5.74, 6) is -0.567. The van der Waals surface area contributed by atoms with Crippen LogP contribution in [0, 0.1) is 11.8 Å². The maximum Gasteiger partial charge on any atom is 0.275 e. The lowest BCUT2D eigenvalue weighted by molar-refractivity contribution is -0.671. The second-order valence-electron chi connectivity index (χ2n) is 7.20. The average Bonchev–Trinajstić information content (AvgIpc) is 3.26. The average molecular weight is 438 g/mol. The Morgan fingerprint density at radius 2 is 1.90 bits per heavy atom. The molecule has 1 aliphatic carbocycles. The van der Waals surface area contributed by atoms with Crippen LogP contribution in [0.3, 0.4) is 0 Å². The fourth-order valence-electron chi connectivity index (χ4n) is 3.36. The van der Waals surface area contributed by atoms with Crippen molar-refractivity contribution in [2.24, 2.45) is 18.9 Å². The number of thiophene rings is 1. The Labute approximate surface area is 174 Å². The van der Waals surface area contributed by atoms with Crippen LogP contribution in [-0.4, -0.2) is 26.8 Å². The van der Waals surface area contributed by atoms with Gasteiger partial charge in [-0.2, -0.15) is 0 Å². The zero-order chi connectivity index (χ0) is 20.9. The minimum atomic E-state index is -3.45. The number of carbonyl (C=O) groups excluding carboxylic acids is 2. The molecule has 0 saturated heterocycles. The highest BCUT2D eigenvalue weighted by molar-refractivity contribution is 7.91. The molecule has 2 aromatic rings. The van der Waals surface area contributed by atoms with E-state index in [2.05, 4.69) is 15.6 Å². The number of hydrogen-bond acceptors (Lipinski definition) is 5. The van der Waals surface area contributed by atoms with Gasteiger partial charge in [-0.25, -0.2) is 17.7 Å². The number of rotatable bonds is 6. The molecule has 0 spiro atoms. The Morgan fingerprint density at radius 1 is 1.14 bits per heavy atom. The summed E-state index contributed by atoms with van der Waals surface area (Å²) in [6, 6.07) is 6.71.